The van der Waals surface area contributed by atoms with Gasteiger partial charge in [-0.05, 0) is 38.0 Å². The van der Waals surface area contributed by atoms with Gasteiger partial charge in [0, 0.05) is 11.4 Å². The molecule has 4 rings (SSSR count). The summed E-state index contributed by atoms with van der Waals surface area (Å²) in [5.74, 6) is 0.287. The van der Waals surface area contributed by atoms with E-state index in [9.17, 15) is 9.18 Å². The predicted molar refractivity (Wildman–Crippen MR) is 118 cm³/mol. The van der Waals surface area contributed by atoms with Crippen LogP contribution in [0, 0.1) is 5.82 Å². The fourth-order valence-corrected chi connectivity index (χ4v) is 4.25. The minimum absolute atomic E-state index is 0.242. The molecule has 0 spiro atoms. The Bertz CT molecular complexity index is 1130. The largest absolute Gasteiger partial charge is 0.459 e. The van der Waals surface area contributed by atoms with Gasteiger partial charge >= 0.3 is 5.97 Å². The second-order valence-electron chi connectivity index (χ2n) is 7.47. The predicted octanol–water partition coefficient (Wildman–Crippen LogP) is 4.95. The molecule has 6 nitrogen and oxygen atoms in total. The Morgan fingerprint density at radius 2 is 1.90 bits per heavy atom. The minimum Gasteiger partial charge on any atom is -0.459 e. The van der Waals surface area contributed by atoms with Crippen molar-refractivity contribution in [2.75, 3.05) is 5.32 Å². The number of hydrogen-bond acceptors (Lipinski definition) is 6. The van der Waals surface area contributed by atoms with Crippen LogP contribution >= 0.6 is 11.8 Å². The zero-order chi connectivity index (χ0) is 22.0. The Labute approximate surface area is 184 Å². The van der Waals surface area contributed by atoms with Gasteiger partial charge in [0.05, 0.1) is 11.7 Å². The summed E-state index contributed by atoms with van der Waals surface area (Å²) in [4.78, 5) is 17.5. The minimum atomic E-state index is -0.473. The summed E-state index contributed by atoms with van der Waals surface area (Å²) in [7, 11) is 0. The molecular formula is C23H23FN4O2S. The molecule has 0 saturated carbocycles. The average molecular weight is 439 g/mol. The molecule has 0 amide bonds. The van der Waals surface area contributed by atoms with E-state index in [1.54, 1.807) is 22.9 Å². The highest BCUT2D eigenvalue weighted by molar-refractivity contribution is 7.98. The van der Waals surface area contributed by atoms with Crippen LogP contribution in [0.1, 0.15) is 37.9 Å². The van der Waals surface area contributed by atoms with E-state index in [4.69, 9.17) is 4.74 Å². The van der Waals surface area contributed by atoms with E-state index >= 15 is 0 Å². The number of allylic oxidation sites excluding steroid dienone is 1. The summed E-state index contributed by atoms with van der Waals surface area (Å²) in [6, 6.07) is 15.8. The van der Waals surface area contributed by atoms with Gasteiger partial charge in [0.2, 0.25) is 11.1 Å². The molecule has 0 radical (unpaired) electrons. The number of fused-ring (bicyclic) bond motifs is 1. The van der Waals surface area contributed by atoms with Crippen LogP contribution < -0.4 is 5.32 Å². The number of nitrogens with zero attached hydrogens (tertiary/aromatic N) is 3. The highest BCUT2D eigenvalue weighted by Crippen LogP contribution is 2.37. The molecule has 1 unspecified atom stereocenters. The molecule has 1 aliphatic heterocycles. The van der Waals surface area contributed by atoms with Crippen molar-refractivity contribution in [3.05, 3.63) is 82.8 Å². The number of hydrogen-bond donors (Lipinski definition) is 1. The van der Waals surface area contributed by atoms with E-state index in [1.807, 2.05) is 51.1 Å². The lowest BCUT2D eigenvalue weighted by Crippen LogP contribution is -2.30. The quantitative estimate of drug-likeness (QED) is 0.434. The molecule has 160 valence electrons. The zero-order valence-electron chi connectivity index (χ0n) is 17.5. The molecule has 0 aliphatic carbocycles. The molecule has 8 heteroatoms. The fraction of sp³-hybridized carbons (Fsp3) is 0.261. The topological polar surface area (TPSA) is 69.0 Å². The van der Waals surface area contributed by atoms with Crippen LogP contribution in [0.2, 0.25) is 0 Å². The molecule has 2 heterocycles. The number of ether oxygens (including phenoxy) is 1. The highest BCUT2D eigenvalue weighted by Gasteiger charge is 2.35. The number of esters is 1. The van der Waals surface area contributed by atoms with Gasteiger partial charge in [0.1, 0.15) is 11.9 Å². The van der Waals surface area contributed by atoms with Crippen LogP contribution in [0.4, 0.5) is 10.3 Å². The number of benzene rings is 2. The maximum absolute atomic E-state index is 14.0. The summed E-state index contributed by atoms with van der Waals surface area (Å²) in [5.41, 5.74) is 2.65. The molecule has 1 aliphatic rings. The normalized spacial score (nSPS) is 15.6. The summed E-state index contributed by atoms with van der Waals surface area (Å²) in [6.45, 7) is 5.47. The Hall–Kier alpha value is -3.13. The lowest BCUT2D eigenvalue weighted by molar-refractivity contribution is -0.143. The van der Waals surface area contributed by atoms with Crippen LogP contribution in [0.15, 0.2) is 71.0 Å². The van der Waals surface area contributed by atoms with E-state index in [0.29, 0.717) is 33.7 Å². The van der Waals surface area contributed by atoms with Gasteiger partial charge in [-0.1, -0.05) is 60.3 Å². The number of carbonyl (C=O) groups excluding carboxylic acids is 1. The molecule has 3 aromatic rings. The third-order valence-corrected chi connectivity index (χ3v) is 5.71. The number of rotatable bonds is 6. The molecule has 2 aromatic carbocycles. The van der Waals surface area contributed by atoms with Gasteiger partial charge in [-0.25, -0.2) is 13.9 Å². The molecule has 1 N–H and O–H groups in total. The van der Waals surface area contributed by atoms with Gasteiger partial charge in [0.25, 0.3) is 0 Å². The molecule has 1 atom stereocenters. The van der Waals surface area contributed by atoms with Crippen molar-refractivity contribution in [3.8, 4) is 0 Å². The van der Waals surface area contributed by atoms with Crippen molar-refractivity contribution in [2.45, 2.75) is 43.8 Å². The molecule has 31 heavy (non-hydrogen) atoms. The standard InChI is InChI=1S/C23H23FN4O2S/c1-14(2)30-21(29)19-15(3)25-22-26-23(31-13-17-11-7-8-12-18(17)24)27-28(22)20(19)16-9-5-4-6-10-16/h4-12,14,20H,13H2,1-3H3,(H,25,26,27). The number of carbonyl (C=O) groups is 1. The van der Waals surface area contributed by atoms with Crippen molar-refractivity contribution in [1.82, 2.24) is 14.8 Å². The Morgan fingerprint density at radius 1 is 1.19 bits per heavy atom. The molecule has 0 bridgehead atoms. The SMILES string of the molecule is CC1=C(C(=O)OC(C)C)C(c2ccccc2)n2nc(SCc3ccccc3F)nc2N1. The summed E-state index contributed by atoms with van der Waals surface area (Å²) >= 11 is 1.34. The zero-order valence-corrected chi connectivity index (χ0v) is 18.3. The first-order valence-corrected chi connectivity index (χ1v) is 11.0. The van der Waals surface area contributed by atoms with Crippen LogP contribution in [-0.2, 0) is 15.3 Å². The van der Waals surface area contributed by atoms with E-state index in [0.717, 1.165) is 5.56 Å². The average Bonchev–Trinajstić information content (AvgIpc) is 3.14. The van der Waals surface area contributed by atoms with Crippen molar-refractivity contribution >= 4 is 23.7 Å². The maximum Gasteiger partial charge on any atom is 0.338 e. The van der Waals surface area contributed by atoms with Crippen molar-refractivity contribution < 1.29 is 13.9 Å². The Kier molecular flexibility index (Phi) is 6.08. The maximum atomic E-state index is 14.0. The van der Waals surface area contributed by atoms with Crippen LogP contribution in [0.25, 0.3) is 0 Å². The van der Waals surface area contributed by atoms with E-state index < -0.39 is 12.0 Å². The monoisotopic (exact) mass is 438 g/mol. The second-order valence-corrected chi connectivity index (χ2v) is 8.42. The number of halogens is 1. The number of nitrogens with one attached hydrogen (secondary N) is 1. The molecule has 1 aromatic heterocycles. The van der Waals surface area contributed by atoms with Crippen molar-refractivity contribution in [2.24, 2.45) is 0 Å². The van der Waals surface area contributed by atoms with Crippen LogP contribution in [0.5, 0.6) is 0 Å². The fourth-order valence-electron chi connectivity index (χ4n) is 3.44. The second kappa shape index (κ2) is 8.93. The summed E-state index contributed by atoms with van der Waals surface area (Å²) in [6.07, 6.45) is -0.242. The third kappa shape index (κ3) is 4.49. The van der Waals surface area contributed by atoms with E-state index in [-0.39, 0.29) is 11.9 Å². The van der Waals surface area contributed by atoms with Gasteiger partial charge < -0.3 is 10.1 Å². The lowest BCUT2D eigenvalue weighted by Gasteiger charge is -2.28. The van der Waals surface area contributed by atoms with Gasteiger partial charge in [-0.2, -0.15) is 4.98 Å². The van der Waals surface area contributed by atoms with E-state index in [2.05, 4.69) is 15.4 Å². The molecule has 0 fully saturated rings. The van der Waals surface area contributed by atoms with Gasteiger partial charge in [0.15, 0.2) is 0 Å². The molecule has 0 saturated heterocycles. The van der Waals surface area contributed by atoms with Gasteiger partial charge in [-0.3, -0.25) is 0 Å². The van der Waals surface area contributed by atoms with Crippen molar-refractivity contribution in [1.29, 1.82) is 0 Å². The summed E-state index contributed by atoms with van der Waals surface area (Å²) in [5, 5.41) is 8.31. The van der Waals surface area contributed by atoms with Gasteiger partial charge in [-0.15, -0.1) is 5.10 Å². The summed E-state index contributed by atoms with van der Waals surface area (Å²) < 4.78 is 21.2. The lowest BCUT2D eigenvalue weighted by atomic mass is 9.96. The van der Waals surface area contributed by atoms with Crippen molar-refractivity contribution in [3.63, 3.8) is 0 Å². The third-order valence-electron chi connectivity index (χ3n) is 4.83. The Morgan fingerprint density at radius 3 is 2.61 bits per heavy atom. The number of thioether (sulfide) groups is 1. The Balaban J connectivity index is 1.68. The number of anilines is 1. The number of aromatic nitrogens is 3. The molecular weight excluding hydrogens is 415 g/mol. The first kappa shape index (κ1) is 21.1. The first-order valence-electron chi connectivity index (χ1n) is 10.0. The van der Waals surface area contributed by atoms with E-state index in [1.165, 1.54) is 17.8 Å². The highest BCUT2D eigenvalue weighted by atomic mass is 32.2. The van der Waals surface area contributed by atoms with Crippen LogP contribution in [0.3, 0.4) is 0 Å². The van der Waals surface area contributed by atoms with Crippen LogP contribution in [-0.4, -0.2) is 26.8 Å². The smallest absolute Gasteiger partial charge is 0.338 e. The first-order chi connectivity index (χ1) is 14.9.